The molecule has 3 heteroatoms. The molecule has 1 atom stereocenters. The fourth-order valence-corrected chi connectivity index (χ4v) is 2.67. The van der Waals surface area contributed by atoms with E-state index in [-0.39, 0.29) is 12.2 Å². The van der Waals surface area contributed by atoms with Gasteiger partial charge in [0.2, 0.25) is 0 Å². The minimum Gasteiger partial charge on any atom is -0.309 e. The highest BCUT2D eigenvalue weighted by Gasteiger charge is 2.31. The summed E-state index contributed by atoms with van der Waals surface area (Å²) in [6.07, 6.45) is 0.990. The van der Waals surface area contributed by atoms with Gasteiger partial charge in [-0.2, -0.15) is 0 Å². The molecule has 2 rings (SSSR count). The fraction of sp³-hybridized carbons (Fsp3) is 0.600. The lowest BCUT2D eigenvalue weighted by Crippen LogP contribution is -2.62. The lowest BCUT2D eigenvalue weighted by atomic mass is 9.95. The Kier molecular flexibility index (Phi) is 4.36. The number of alkyl halides is 1. The maximum absolute atomic E-state index is 12.7. The topological polar surface area (TPSA) is 15.3 Å². The van der Waals surface area contributed by atoms with Crippen molar-refractivity contribution in [3.05, 3.63) is 35.9 Å². The summed E-state index contributed by atoms with van der Waals surface area (Å²) in [5, 5.41) is 3.55. The SMILES string of the molecule is CC1(C)CN(CCF)C(Cc2ccccc2)CN1. The number of hydrogen-bond donors (Lipinski definition) is 1. The van der Waals surface area contributed by atoms with Gasteiger partial charge in [-0.05, 0) is 25.8 Å². The largest absolute Gasteiger partial charge is 0.309 e. The zero-order valence-electron chi connectivity index (χ0n) is 11.3. The van der Waals surface area contributed by atoms with Crippen LogP contribution in [-0.2, 0) is 6.42 Å². The van der Waals surface area contributed by atoms with Crippen LogP contribution in [0.2, 0.25) is 0 Å². The van der Waals surface area contributed by atoms with Crippen LogP contribution < -0.4 is 5.32 Å². The minimum absolute atomic E-state index is 0.0857. The highest BCUT2D eigenvalue weighted by Crippen LogP contribution is 2.18. The Morgan fingerprint density at radius 3 is 2.72 bits per heavy atom. The first-order chi connectivity index (χ1) is 8.61. The number of nitrogens with one attached hydrogen (secondary N) is 1. The first-order valence-corrected chi connectivity index (χ1v) is 6.70. The van der Waals surface area contributed by atoms with Gasteiger partial charge in [-0.25, -0.2) is 4.39 Å². The average molecular weight is 250 g/mol. The van der Waals surface area contributed by atoms with Crippen LogP contribution in [0.4, 0.5) is 4.39 Å². The van der Waals surface area contributed by atoms with Crippen molar-refractivity contribution in [1.82, 2.24) is 10.2 Å². The van der Waals surface area contributed by atoms with E-state index in [9.17, 15) is 4.39 Å². The van der Waals surface area contributed by atoms with E-state index in [0.29, 0.717) is 12.6 Å². The van der Waals surface area contributed by atoms with E-state index in [4.69, 9.17) is 0 Å². The standard InChI is InChI=1S/C15H23FN2/c1-15(2)12-18(9-8-16)14(11-17-15)10-13-6-4-3-5-7-13/h3-7,14,17H,8-12H2,1-2H3. The highest BCUT2D eigenvalue weighted by atomic mass is 19.1. The normalized spacial score (nSPS) is 24.1. The predicted octanol–water partition coefficient (Wildman–Crippen LogP) is 2.25. The van der Waals surface area contributed by atoms with Crippen LogP contribution in [0.5, 0.6) is 0 Å². The number of halogens is 1. The van der Waals surface area contributed by atoms with Gasteiger partial charge in [-0.15, -0.1) is 0 Å². The van der Waals surface area contributed by atoms with Crippen LogP contribution >= 0.6 is 0 Å². The van der Waals surface area contributed by atoms with Crippen molar-refractivity contribution < 1.29 is 4.39 Å². The molecular formula is C15H23FN2. The molecule has 0 spiro atoms. The van der Waals surface area contributed by atoms with Gasteiger partial charge < -0.3 is 5.32 Å². The van der Waals surface area contributed by atoms with Gasteiger partial charge in [0.05, 0.1) is 0 Å². The summed E-state index contributed by atoms with van der Waals surface area (Å²) < 4.78 is 12.7. The molecule has 1 aromatic rings. The van der Waals surface area contributed by atoms with Crippen molar-refractivity contribution in [1.29, 1.82) is 0 Å². The second-order valence-electron chi connectivity index (χ2n) is 5.77. The molecule has 0 radical (unpaired) electrons. The number of rotatable bonds is 4. The number of hydrogen-bond acceptors (Lipinski definition) is 2. The minimum atomic E-state index is -0.263. The zero-order chi connectivity index (χ0) is 13.0. The molecule has 0 aliphatic carbocycles. The molecule has 1 heterocycles. The van der Waals surface area contributed by atoms with Gasteiger partial charge >= 0.3 is 0 Å². The summed E-state index contributed by atoms with van der Waals surface area (Å²) in [6, 6.07) is 10.9. The number of nitrogens with zero attached hydrogens (tertiary/aromatic N) is 1. The molecule has 1 fully saturated rings. The summed E-state index contributed by atoms with van der Waals surface area (Å²) in [4.78, 5) is 2.28. The van der Waals surface area contributed by atoms with Gasteiger partial charge in [0.1, 0.15) is 6.67 Å². The molecule has 1 aromatic carbocycles. The Bertz CT molecular complexity index is 364. The summed E-state index contributed by atoms with van der Waals surface area (Å²) in [5.41, 5.74) is 1.41. The van der Waals surface area contributed by atoms with E-state index in [1.807, 2.05) is 6.07 Å². The van der Waals surface area contributed by atoms with Crippen LogP contribution in [0.3, 0.4) is 0 Å². The molecule has 1 unspecified atom stereocenters. The number of piperazine rings is 1. The average Bonchev–Trinajstić information content (AvgIpc) is 2.34. The van der Waals surface area contributed by atoms with Gasteiger partial charge in [0, 0.05) is 31.2 Å². The molecule has 2 nitrogen and oxygen atoms in total. The second kappa shape index (κ2) is 5.81. The van der Waals surface area contributed by atoms with Crippen molar-refractivity contribution in [2.75, 3.05) is 26.3 Å². The van der Waals surface area contributed by atoms with E-state index in [2.05, 4.69) is 48.3 Å². The third-order valence-corrected chi connectivity index (χ3v) is 3.62. The lowest BCUT2D eigenvalue weighted by molar-refractivity contribution is 0.0886. The van der Waals surface area contributed by atoms with Gasteiger partial charge in [-0.3, -0.25) is 4.90 Å². The second-order valence-corrected chi connectivity index (χ2v) is 5.77. The summed E-state index contributed by atoms with van der Waals surface area (Å²) in [5.74, 6) is 0. The summed E-state index contributed by atoms with van der Waals surface area (Å²) >= 11 is 0. The van der Waals surface area contributed by atoms with Gasteiger partial charge in [-0.1, -0.05) is 30.3 Å². The Morgan fingerprint density at radius 1 is 1.33 bits per heavy atom. The Hall–Kier alpha value is -0.930. The van der Waals surface area contributed by atoms with E-state index in [0.717, 1.165) is 19.5 Å². The van der Waals surface area contributed by atoms with E-state index < -0.39 is 0 Å². The first kappa shape index (κ1) is 13.5. The van der Waals surface area contributed by atoms with Crippen LogP contribution in [0.1, 0.15) is 19.4 Å². The summed E-state index contributed by atoms with van der Waals surface area (Å²) in [6.45, 7) is 6.48. The molecule has 100 valence electrons. The Labute approximate surface area is 109 Å². The molecule has 0 bridgehead atoms. The van der Waals surface area contributed by atoms with Crippen LogP contribution in [-0.4, -0.2) is 42.8 Å². The quantitative estimate of drug-likeness (QED) is 0.881. The molecule has 1 aliphatic heterocycles. The molecule has 1 N–H and O–H groups in total. The Balaban J connectivity index is 2.02. The Morgan fingerprint density at radius 2 is 2.06 bits per heavy atom. The smallest absolute Gasteiger partial charge is 0.102 e. The van der Waals surface area contributed by atoms with Gasteiger partial charge in [0.15, 0.2) is 0 Å². The monoisotopic (exact) mass is 250 g/mol. The molecule has 1 saturated heterocycles. The molecule has 1 aliphatic rings. The lowest BCUT2D eigenvalue weighted by Gasteiger charge is -2.44. The van der Waals surface area contributed by atoms with Crippen molar-refractivity contribution in [2.24, 2.45) is 0 Å². The molecule has 0 aromatic heterocycles. The summed E-state index contributed by atoms with van der Waals surface area (Å²) in [7, 11) is 0. The molecule has 0 amide bonds. The zero-order valence-corrected chi connectivity index (χ0v) is 11.3. The highest BCUT2D eigenvalue weighted by molar-refractivity contribution is 5.16. The fourth-order valence-electron chi connectivity index (χ4n) is 2.67. The first-order valence-electron chi connectivity index (χ1n) is 6.70. The van der Waals surface area contributed by atoms with Crippen LogP contribution in [0.25, 0.3) is 0 Å². The van der Waals surface area contributed by atoms with Crippen molar-refractivity contribution >= 4 is 0 Å². The predicted molar refractivity (Wildman–Crippen MR) is 73.6 cm³/mol. The third kappa shape index (κ3) is 3.53. The maximum atomic E-state index is 12.7. The van der Waals surface area contributed by atoms with E-state index >= 15 is 0 Å². The van der Waals surface area contributed by atoms with E-state index in [1.54, 1.807) is 0 Å². The van der Waals surface area contributed by atoms with Crippen molar-refractivity contribution in [2.45, 2.75) is 31.8 Å². The third-order valence-electron chi connectivity index (χ3n) is 3.62. The van der Waals surface area contributed by atoms with E-state index in [1.165, 1.54) is 5.56 Å². The number of benzene rings is 1. The van der Waals surface area contributed by atoms with Crippen LogP contribution in [0.15, 0.2) is 30.3 Å². The van der Waals surface area contributed by atoms with Gasteiger partial charge in [0.25, 0.3) is 0 Å². The molecule has 18 heavy (non-hydrogen) atoms. The molecule has 0 saturated carbocycles. The maximum Gasteiger partial charge on any atom is 0.102 e. The van der Waals surface area contributed by atoms with Crippen molar-refractivity contribution in [3.63, 3.8) is 0 Å². The van der Waals surface area contributed by atoms with Crippen LogP contribution in [0, 0.1) is 0 Å². The van der Waals surface area contributed by atoms with Crippen molar-refractivity contribution in [3.8, 4) is 0 Å². The molecular weight excluding hydrogens is 227 g/mol.